The van der Waals surface area contributed by atoms with E-state index in [-0.39, 0.29) is 11.3 Å². The van der Waals surface area contributed by atoms with E-state index >= 15 is 0 Å². The molecule has 1 aromatic heterocycles. The fourth-order valence-electron chi connectivity index (χ4n) is 1.86. The maximum atomic E-state index is 12.5. The minimum Gasteiger partial charge on any atom is -0.273 e. The van der Waals surface area contributed by atoms with Gasteiger partial charge >= 0.3 is 0 Å². The third-order valence-electron chi connectivity index (χ3n) is 3.39. The number of aromatic nitrogens is 2. The molecule has 1 heterocycles. The number of fused-ring (bicyclic) bond motifs is 1. The number of hydrogen-bond acceptors (Lipinski definition) is 2. The van der Waals surface area contributed by atoms with Crippen LogP contribution < -0.4 is 0 Å². The fraction of sp³-hybridized carbons (Fsp3) is 0.429. The van der Waals surface area contributed by atoms with Crippen molar-refractivity contribution in [2.24, 2.45) is 5.41 Å². The van der Waals surface area contributed by atoms with E-state index in [1.165, 1.54) is 0 Å². The number of imidazole rings is 1. The molecular weight excluding hydrogens is 212 g/mol. The van der Waals surface area contributed by atoms with Crippen molar-refractivity contribution < 1.29 is 4.79 Å². The molecule has 0 saturated heterocycles. The molecule has 0 aliphatic heterocycles. The first-order chi connectivity index (χ1) is 7.97. The van der Waals surface area contributed by atoms with Gasteiger partial charge in [0.1, 0.15) is 5.82 Å². The highest BCUT2D eigenvalue weighted by Crippen LogP contribution is 2.26. The van der Waals surface area contributed by atoms with Gasteiger partial charge in [-0.3, -0.25) is 9.36 Å². The molecule has 0 unspecified atom stereocenters. The van der Waals surface area contributed by atoms with Crippen LogP contribution in [0.2, 0.25) is 0 Å². The summed E-state index contributed by atoms with van der Waals surface area (Å²) >= 11 is 0. The predicted octanol–water partition coefficient (Wildman–Crippen LogP) is 3.42. The first-order valence-corrected chi connectivity index (χ1v) is 5.96. The predicted molar refractivity (Wildman–Crippen MR) is 69.2 cm³/mol. The maximum Gasteiger partial charge on any atom is 0.238 e. The minimum absolute atomic E-state index is 0.117. The van der Waals surface area contributed by atoms with Crippen LogP contribution in [0, 0.1) is 12.3 Å². The summed E-state index contributed by atoms with van der Waals surface area (Å²) in [7, 11) is 0. The summed E-state index contributed by atoms with van der Waals surface area (Å²) in [5, 5.41) is 0. The van der Waals surface area contributed by atoms with Crippen molar-refractivity contribution in [2.45, 2.75) is 34.1 Å². The molecule has 0 amide bonds. The Bertz CT molecular complexity index is 567. The molecule has 17 heavy (non-hydrogen) atoms. The molecule has 90 valence electrons. The van der Waals surface area contributed by atoms with Crippen molar-refractivity contribution >= 4 is 16.9 Å². The smallest absolute Gasteiger partial charge is 0.238 e. The van der Waals surface area contributed by atoms with Crippen LogP contribution in [0.15, 0.2) is 24.3 Å². The highest BCUT2D eigenvalue weighted by Gasteiger charge is 2.29. The molecule has 0 N–H and O–H groups in total. The maximum absolute atomic E-state index is 12.5. The van der Waals surface area contributed by atoms with Crippen molar-refractivity contribution in [2.75, 3.05) is 0 Å². The molecule has 3 nitrogen and oxygen atoms in total. The van der Waals surface area contributed by atoms with Crippen LogP contribution in [-0.2, 0) is 0 Å². The number of para-hydroxylation sites is 2. The molecule has 0 fully saturated rings. The average Bonchev–Trinajstić information content (AvgIpc) is 2.64. The largest absolute Gasteiger partial charge is 0.273 e. The van der Waals surface area contributed by atoms with E-state index in [2.05, 4.69) is 4.98 Å². The molecule has 1 aromatic carbocycles. The van der Waals surface area contributed by atoms with E-state index in [0.717, 1.165) is 23.3 Å². The molecule has 0 aliphatic rings. The summed E-state index contributed by atoms with van der Waals surface area (Å²) in [5.41, 5.74) is 1.43. The van der Waals surface area contributed by atoms with Crippen LogP contribution in [0.25, 0.3) is 11.0 Å². The van der Waals surface area contributed by atoms with E-state index in [0.29, 0.717) is 0 Å². The topological polar surface area (TPSA) is 34.9 Å². The third kappa shape index (κ3) is 1.86. The van der Waals surface area contributed by atoms with Crippen molar-refractivity contribution in [1.29, 1.82) is 0 Å². The summed E-state index contributed by atoms with van der Waals surface area (Å²) in [4.78, 5) is 16.9. The molecule has 0 spiro atoms. The summed E-state index contributed by atoms with van der Waals surface area (Å²) in [6.07, 6.45) is 0.817. The first-order valence-electron chi connectivity index (χ1n) is 5.96. The summed E-state index contributed by atoms with van der Waals surface area (Å²) in [5.74, 6) is 0.879. The summed E-state index contributed by atoms with van der Waals surface area (Å²) in [6, 6.07) is 7.75. The number of nitrogens with zero attached hydrogens (tertiary/aromatic N) is 2. The zero-order chi connectivity index (χ0) is 12.6. The van der Waals surface area contributed by atoms with Gasteiger partial charge in [0.2, 0.25) is 5.91 Å². The number of benzene rings is 1. The zero-order valence-corrected chi connectivity index (χ0v) is 10.8. The minimum atomic E-state index is -0.353. The van der Waals surface area contributed by atoms with Crippen LogP contribution in [0.3, 0.4) is 0 Å². The molecule has 0 radical (unpaired) electrons. The standard InChI is InChI=1S/C14H18N2O/c1-5-14(3,4)13(17)16-10(2)15-11-8-6-7-9-12(11)16/h6-9H,5H2,1-4H3. The summed E-state index contributed by atoms with van der Waals surface area (Å²) in [6.45, 7) is 7.86. The highest BCUT2D eigenvalue weighted by molar-refractivity contribution is 5.93. The SMILES string of the molecule is CCC(C)(C)C(=O)n1c(C)nc2ccccc21. The summed E-state index contributed by atoms with van der Waals surface area (Å²) < 4.78 is 1.73. The molecule has 2 aromatic rings. The van der Waals surface area contributed by atoms with Gasteiger partial charge in [0.15, 0.2) is 0 Å². The van der Waals surface area contributed by atoms with Crippen molar-refractivity contribution in [3.63, 3.8) is 0 Å². The molecule has 0 aliphatic carbocycles. The van der Waals surface area contributed by atoms with Gasteiger partial charge in [-0.1, -0.05) is 32.9 Å². The Labute approximate surface area is 101 Å². The molecule has 2 rings (SSSR count). The van der Waals surface area contributed by atoms with Crippen LogP contribution in [0.5, 0.6) is 0 Å². The monoisotopic (exact) mass is 230 g/mol. The fourth-order valence-corrected chi connectivity index (χ4v) is 1.86. The Hall–Kier alpha value is -1.64. The molecular formula is C14H18N2O. The van der Waals surface area contributed by atoms with Gasteiger partial charge in [-0.05, 0) is 25.5 Å². The molecule has 0 bridgehead atoms. The van der Waals surface area contributed by atoms with Gasteiger partial charge in [0, 0.05) is 5.41 Å². The van der Waals surface area contributed by atoms with Gasteiger partial charge in [0.05, 0.1) is 11.0 Å². The quantitative estimate of drug-likeness (QED) is 0.792. The Morgan fingerprint density at radius 2 is 2.00 bits per heavy atom. The second-order valence-electron chi connectivity index (χ2n) is 5.03. The number of rotatable bonds is 2. The van der Waals surface area contributed by atoms with E-state index in [1.807, 2.05) is 52.0 Å². The van der Waals surface area contributed by atoms with Gasteiger partial charge in [-0.2, -0.15) is 0 Å². The number of aryl methyl sites for hydroxylation is 1. The number of carbonyl (C=O) groups excluding carboxylic acids is 1. The van der Waals surface area contributed by atoms with Crippen molar-refractivity contribution in [1.82, 2.24) is 9.55 Å². The number of carbonyl (C=O) groups is 1. The molecule has 0 saturated carbocycles. The van der Waals surface area contributed by atoms with E-state index in [9.17, 15) is 4.79 Å². The third-order valence-corrected chi connectivity index (χ3v) is 3.39. The van der Waals surface area contributed by atoms with Crippen LogP contribution in [0.4, 0.5) is 0 Å². The van der Waals surface area contributed by atoms with Gasteiger partial charge in [-0.15, -0.1) is 0 Å². The number of hydrogen-bond donors (Lipinski definition) is 0. The van der Waals surface area contributed by atoms with E-state index < -0.39 is 0 Å². The highest BCUT2D eigenvalue weighted by atomic mass is 16.2. The van der Waals surface area contributed by atoms with Gasteiger partial charge in [-0.25, -0.2) is 4.98 Å². The van der Waals surface area contributed by atoms with Crippen LogP contribution >= 0.6 is 0 Å². The Morgan fingerprint density at radius 1 is 1.35 bits per heavy atom. The van der Waals surface area contributed by atoms with Crippen molar-refractivity contribution in [3.8, 4) is 0 Å². The second-order valence-corrected chi connectivity index (χ2v) is 5.03. The second kappa shape index (κ2) is 3.99. The lowest BCUT2D eigenvalue weighted by atomic mass is 9.89. The Morgan fingerprint density at radius 3 is 2.65 bits per heavy atom. The van der Waals surface area contributed by atoms with Crippen LogP contribution in [-0.4, -0.2) is 15.5 Å². The van der Waals surface area contributed by atoms with Gasteiger partial charge < -0.3 is 0 Å². The Balaban J connectivity index is 2.63. The molecule has 3 heteroatoms. The lowest BCUT2D eigenvalue weighted by Crippen LogP contribution is -2.29. The zero-order valence-electron chi connectivity index (χ0n) is 10.8. The first kappa shape index (κ1) is 11.8. The molecule has 0 atom stereocenters. The van der Waals surface area contributed by atoms with Gasteiger partial charge in [0.25, 0.3) is 0 Å². The van der Waals surface area contributed by atoms with Crippen molar-refractivity contribution in [3.05, 3.63) is 30.1 Å². The normalized spacial score (nSPS) is 12.0. The Kier molecular flexibility index (Phi) is 2.77. The van der Waals surface area contributed by atoms with E-state index in [1.54, 1.807) is 4.57 Å². The lowest BCUT2D eigenvalue weighted by Gasteiger charge is -2.22. The lowest BCUT2D eigenvalue weighted by molar-refractivity contribution is 0.0742. The average molecular weight is 230 g/mol. The van der Waals surface area contributed by atoms with E-state index in [4.69, 9.17) is 0 Å². The van der Waals surface area contributed by atoms with Crippen LogP contribution in [0.1, 0.15) is 37.8 Å².